The Hall–Kier alpha value is -1.73. The minimum atomic E-state index is -0.0848. The highest BCUT2D eigenvalue weighted by Gasteiger charge is 2.46. The molecule has 0 amide bonds. The van der Waals surface area contributed by atoms with Crippen molar-refractivity contribution in [1.82, 2.24) is 9.88 Å². The Morgan fingerprint density at radius 3 is 2.89 bits per heavy atom. The predicted molar refractivity (Wildman–Crippen MR) is 113 cm³/mol. The third-order valence-corrected chi connectivity index (χ3v) is 6.84. The van der Waals surface area contributed by atoms with Crippen molar-refractivity contribution < 1.29 is 9.84 Å². The second kappa shape index (κ2) is 7.72. The number of ether oxygens (including phenoxy) is 1. The number of phenols is 1. The van der Waals surface area contributed by atoms with Crippen LogP contribution in [0.5, 0.6) is 11.5 Å². The maximum absolute atomic E-state index is 10.2. The minimum Gasteiger partial charge on any atom is -0.504 e. The van der Waals surface area contributed by atoms with Crippen molar-refractivity contribution in [3.8, 4) is 11.5 Å². The number of hydrogen-bond donors (Lipinski definition) is 1. The predicted octanol–water partition coefficient (Wildman–Crippen LogP) is 4.93. The lowest BCUT2D eigenvalue weighted by Crippen LogP contribution is -2.35. The lowest BCUT2D eigenvalue weighted by molar-refractivity contribution is 0.252. The summed E-state index contributed by atoms with van der Waals surface area (Å²) in [6.07, 6.45) is 2.88. The topological polar surface area (TPSA) is 58.0 Å². The van der Waals surface area contributed by atoms with E-state index >= 15 is 0 Å². The standard InChI is InChI=1S/C20H22BrN3O2S/c1-3-12-11-27-20-23-18(15-7-5-6-8-22-15)19(24(12)20)13-9-17(26-4-2)16(25)10-14(13)21/h5-10,12,18-19,25H,3-4,11H2,1-2H3/t12-,18-,19-/m1/s1. The van der Waals surface area contributed by atoms with Gasteiger partial charge in [0.1, 0.15) is 6.04 Å². The van der Waals surface area contributed by atoms with E-state index in [-0.39, 0.29) is 17.8 Å². The number of nitrogens with zero attached hydrogens (tertiary/aromatic N) is 3. The van der Waals surface area contributed by atoms with Gasteiger partial charge in [-0.05, 0) is 43.2 Å². The van der Waals surface area contributed by atoms with E-state index in [2.05, 4.69) is 32.7 Å². The fourth-order valence-corrected chi connectivity index (χ4v) is 5.65. The third-order valence-electron chi connectivity index (χ3n) is 5.03. The summed E-state index contributed by atoms with van der Waals surface area (Å²) in [7, 11) is 0. The fourth-order valence-electron chi connectivity index (χ4n) is 3.74. The van der Waals surface area contributed by atoms with Crippen molar-refractivity contribution in [2.75, 3.05) is 12.4 Å². The molecule has 5 nitrogen and oxygen atoms in total. The van der Waals surface area contributed by atoms with Crippen LogP contribution >= 0.6 is 27.7 Å². The lowest BCUT2D eigenvalue weighted by Gasteiger charge is -2.32. The molecular weight excluding hydrogens is 426 g/mol. The van der Waals surface area contributed by atoms with Gasteiger partial charge in [0, 0.05) is 22.5 Å². The summed E-state index contributed by atoms with van der Waals surface area (Å²) in [5.74, 6) is 1.70. The summed E-state index contributed by atoms with van der Waals surface area (Å²) in [4.78, 5) is 12.0. The van der Waals surface area contributed by atoms with E-state index in [1.807, 2.05) is 49.1 Å². The smallest absolute Gasteiger partial charge is 0.161 e. The Labute approximate surface area is 172 Å². The molecule has 142 valence electrons. The second-order valence-electron chi connectivity index (χ2n) is 6.61. The zero-order chi connectivity index (χ0) is 19.0. The zero-order valence-corrected chi connectivity index (χ0v) is 17.7. The molecule has 2 aliphatic rings. The lowest BCUT2D eigenvalue weighted by atomic mass is 9.95. The Morgan fingerprint density at radius 1 is 1.33 bits per heavy atom. The summed E-state index contributed by atoms with van der Waals surface area (Å²) in [5.41, 5.74) is 2.02. The average molecular weight is 448 g/mol. The van der Waals surface area contributed by atoms with Gasteiger partial charge in [0.15, 0.2) is 16.7 Å². The molecule has 0 unspecified atom stereocenters. The third kappa shape index (κ3) is 3.31. The number of pyridine rings is 1. The maximum Gasteiger partial charge on any atom is 0.161 e. The van der Waals surface area contributed by atoms with Crippen LogP contribution in [0.15, 0.2) is 46.0 Å². The molecule has 2 aromatic rings. The van der Waals surface area contributed by atoms with Gasteiger partial charge in [0.25, 0.3) is 0 Å². The molecule has 3 heterocycles. The number of phenolic OH excluding ortho intramolecular Hbond substituents is 1. The number of amidine groups is 1. The quantitative estimate of drug-likeness (QED) is 0.703. The van der Waals surface area contributed by atoms with Gasteiger partial charge < -0.3 is 14.7 Å². The van der Waals surface area contributed by atoms with Crippen molar-refractivity contribution >= 4 is 32.9 Å². The van der Waals surface area contributed by atoms with E-state index in [9.17, 15) is 5.11 Å². The molecule has 0 bridgehead atoms. The van der Waals surface area contributed by atoms with Gasteiger partial charge in [0.2, 0.25) is 0 Å². The molecule has 0 spiro atoms. The summed E-state index contributed by atoms with van der Waals surface area (Å²) < 4.78 is 6.51. The molecule has 0 radical (unpaired) electrons. The molecule has 1 aromatic carbocycles. The highest BCUT2D eigenvalue weighted by atomic mass is 79.9. The molecule has 1 N–H and O–H groups in total. The van der Waals surface area contributed by atoms with Gasteiger partial charge in [-0.25, -0.2) is 0 Å². The van der Waals surface area contributed by atoms with E-state index in [0.29, 0.717) is 18.4 Å². The first kappa shape index (κ1) is 18.6. The minimum absolute atomic E-state index is 0.0176. The van der Waals surface area contributed by atoms with Gasteiger partial charge in [-0.15, -0.1) is 0 Å². The number of aromatic nitrogens is 1. The molecule has 1 fully saturated rings. The van der Waals surface area contributed by atoms with Crippen molar-refractivity contribution in [1.29, 1.82) is 0 Å². The molecule has 3 atom stereocenters. The van der Waals surface area contributed by atoms with E-state index in [0.717, 1.165) is 33.1 Å². The highest BCUT2D eigenvalue weighted by Crippen LogP contribution is 2.51. The van der Waals surface area contributed by atoms with Gasteiger partial charge >= 0.3 is 0 Å². The van der Waals surface area contributed by atoms with Gasteiger partial charge in [-0.3, -0.25) is 9.98 Å². The number of thioether (sulfide) groups is 1. The average Bonchev–Trinajstić information content (AvgIpc) is 3.24. The molecule has 1 aromatic heterocycles. The Morgan fingerprint density at radius 2 is 2.19 bits per heavy atom. The molecule has 2 aliphatic heterocycles. The van der Waals surface area contributed by atoms with Crippen LogP contribution in [0.3, 0.4) is 0 Å². The number of aliphatic imine (C=N–C) groups is 1. The van der Waals surface area contributed by atoms with Crippen LogP contribution in [0.25, 0.3) is 0 Å². The second-order valence-corrected chi connectivity index (χ2v) is 8.45. The summed E-state index contributed by atoms with van der Waals surface area (Å²) >= 11 is 5.48. The normalized spacial score (nSPS) is 24.0. The molecular formula is C20H22BrN3O2S. The monoisotopic (exact) mass is 447 g/mol. The van der Waals surface area contributed by atoms with Gasteiger partial charge in [-0.2, -0.15) is 0 Å². The summed E-state index contributed by atoms with van der Waals surface area (Å²) in [6, 6.07) is 9.99. The zero-order valence-electron chi connectivity index (χ0n) is 15.3. The van der Waals surface area contributed by atoms with Crippen molar-refractivity contribution in [2.24, 2.45) is 4.99 Å². The molecule has 0 saturated carbocycles. The van der Waals surface area contributed by atoms with Gasteiger partial charge in [0.05, 0.1) is 18.3 Å². The van der Waals surface area contributed by atoms with Gasteiger partial charge in [-0.1, -0.05) is 40.7 Å². The van der Waals surface area contributed by atoms with Crippen molar-refractivity contribution in [2.45, 2.75) is 38.4 Å². The van der Waals surface area contributed by atoms with E-state index in [1.165, 1.54) is 0 Å². The molecule has 1 saturated heterocycles. The highest BCUT2D eigenvalue weighted by molar-refractivity contribution is 9.10. The molecule has 0 aliphatic carbocycles. The number of fused-ring (bicyclic) bond motifs is 1. The van der Waals surface area contributed by atoms with Crippen LogP contribution in [-0.2, 0) is 0 Å². The first-order valence-electron chi connectivity index (χ1n) is 9.19. The van der Waals surface area contributed by atoms with E-state index in [4.69, 9.17) is 9.73 Å². The SMILES string of the molecule is CCOc1cc([C@@H]2[C@@H](c3ccccn3)N=C3SC[C@@H](CC)N32)c(Br)cc1O. The van der Waals surface area contributed by atoms with E-state index in [1.54, 1.807) is 6.07 Å². The largest absolute Gasteiger partial charge is 0.504 e. The van der Waals surface area contributed by atoms with Crippen LogP contribution in [0.1, 0.15) is 43.6 Å². The Bertz CT molecular complexity index is 862. The summed E-state index contributed by atoms with van der Waals surface area (Å²) in [6.45, 7) is 4.64. The Balaban J connectivity index is 1.83. The van der Waals surface area contributed by atoms with Crippen molar-refractivity contribution in [3.05, 3.63) is 52.3 Å². The van der Waals surface area contributed by atoms with Crippen LogP contribution < -0.4 is 4.74 Å². The van der Waals surface area contributed by atoms with Crippen LogP contribution in [0.4, 0.5) is 0 Å². The number of rotatable bonds is 5. The van der Waals surface area contributed by atoms with Crippen LogP contribution in [0, 0.1) is 0 Å². The number of halogens is 1. The van der Waals surface area contributed by atoms with Crippen molar-refractivity contribution in [3.63, 3.8) is 0 Å². The first-order chi connectivity index (χ1) is 13.1. The fraction of sp³-hybridized carbons (Fsp3) is 0.400. The first-order valence-corrected chi connectivity index (χ1v) is 11.0. The molecule has 4 rings (SSSR count). The summed E-state index contributed by atoms with van der Waals surface area (Å²) in [5, 5.41) is 11.3. The molecule has 7 heteroatoms. The van der Waals surface area contributed by atoms with Crippen LogP contribution in [-0.4, -0.2) is 38.6 Å². The van der Waals surface area contributed by atoms with Crippen LogP contribution in [0.2, 0.25) is 0 Å². The Kier molecular flexibility index (Phi) is 5.32. The van der Waals surface area contributed by atoms with E-state index < -0.39 is 0 Å². The number of benzene rings is 1. The number of aromatic hydroxyl groups is 1. The molecule has 27 heavy (non-hydrogen) atoms. The maximum atomic E-state index is 10.2. The number of hydrogen-bond acceptors (Lipinski definition) is 6.